The van der Waals surface area contributed by atoms with Crippen LogP contribution in [-0.4, -0.2) is 43.3 Å². The van der Waals surface area contributed by atoms with E-state index in [1.807, 2.05) is 0 Å². The summed E-state index contributed by atoms with van der Waals surface area (Å²) in [6, 6.07) is 0. The minimum atomic E-state index is -0.0604. The Morgan fingerprint density at radius 3 is 2.30 bits per heavy atom. The molecule has 1 N–H and O–H groups in total. The fraction of sp³-hybridized carbons (Fsp3) is 0.947. The van der Waals surface area contributed by atoms with Crippen LogP contribution in [0.25, 0.3) is 0 Å². The molecule has 0 bridgehead atoms. The van der Waals surface area contributed by atoms with Crippen LogP contribution in [0.5, 0.6) is 0 Å². The predicted molar refractivity (Wildman–Crippen MR) is 96.5 cm³/mol. The second kappa shape index (κ2) is 13.8. The van der Waals surface area contributed by atoms with Crippen molar-refractivity contribution in [3.05, 3.63) is 0 Å². The van der Waals surface area contributed by atoms with Gasteiger partial charge in [-0.25, -0.2) is 0 Å². The third-order valence-corrected chi connectivity index (χ3v) is 4.56. The highest BCUT2D eigenvalue weighted by Gasteiger charge is 2.24. The van der Waals surface area contributed by atoms with Gasteiger partial charge in [-0.15, -0.1) is 0 Å². The normalized spacial score (nSPS) is 19.0. The molecule has 0 aromatic rings. The minimum Gasteiger partial charge on any atom is -0.445 e. The van der Waals surface area contributed by atoms with E-state index < -0.39 is 0 Å². The fourth-order valence-electron chi connectivity index (χ4n) is 3.17. The maximum atomic E-state index is 12.0. The topological polar surface area (TPSA) is 41.6 Å². The van der Waals surface area contributed by atoms with Gasteiger partial charge in [-0.2, -0.15) is 0 Å². The molecule has 4 nitrogen and oxygen atoms in total. The van der Waals surface area contributed by atoms with Gasteiger partial charge in [0.05, 0.1) is 0 Å². The van der Waals surface area contributed by atoms with Gasteiger partial charge in [0.25, 0.3) is 0 Å². The summed E-state index contributed by atoms with van der Waals surface area (Å²) in [6.07, 6.45) is 13.1. The van der Waals surface area contributed by atoms with Crippen LogP contribution in [0.3, 0.4) is 0 Å². The van der Waals surface area contributed by atoms with E-state index >= 15 is 0 Å². The average molecular weight is 327 g/mol. The summed E-state index contributed by atoms with van der Waals surface area (Å²) in [5.41, 5.74) is 0. The Hall–Kier alpha value is -0.610. The van der Waals surface area contributed by atoms with Crippen LogP contribution >= 0.6 is 0 Å². The molecule has 1 fully saturated rings. The van der Waals surface area contributed by atoms with Gasteiger partial charge in [0.15, 0.2) is 6.23 Å². The van der Waals surface area contributed by atoms with Gasteiger partial charge in [0.2, 0.25) is 0 Å². The quantitative estimate of drug-likeness (QED) is 0.409. The first-order valence-electron chi connectivity index (χ1n) is 9.92. The van der Waals surface area contributed by atoms with Crippen LogP contribution in [0.4, 0.5) is 0 Å². The Kier molecular flexibility index (Phi) is 12.3. The maximum Gasteiger partial charge on any atom is 0.307 e. The van der Waals surface area contributed by atoms with Gasteiger partial charge in [-0.3, -0.25) is 9.69 Å². The molecule has 0 aliphatic carbocycles. The number of carbonyl (C=O) groups excluding carboxylic acids is 1. The molecule has 1 aliphatic heterocycles. The first-order valence-corrected chi connectivity index (χ1v) is 9.92. The highest BCUT2D eigenvalue weighted by atomic mass is 16.6. The van der Waals surface area contributed by atoms with Crippen LogP contribution in [0, 0.1) is 0 Å². The highest BCUT2D eigenvalue weighted by Crippen LogP contribution is 2.12. The monoisotopic (exact) mass is 326 g/mol. The van der Waals surface area contributed by atoms with Gasteiger partial charge in [0.1, 0.15) is 0 Å². The number of esters is 1. The molecule has 0 aromatic heterocycles. The summed E-state index contributed by atoms with van der Waals surface area (Å²) in [5, 5.41) is 3.31. The van der Waals surface area contributed by atoms with Crippen LogP contribution in [0.2, 0.25) is 0 Å². The summed E-state index contributed by atoms with van der Waals surface area (Å²) >= 11 is 0. The average Bonchev–Trinajstić information content (AvgIpc) is 2.55. The van der Waals surface area contributed by atoms with Crippen molar-refractivity contribution in [1.82, 2.24) is 10.2 Å². The van der Waals surface area contributed by atoms with Crippen molar-refractivity contribution in [2.45, 2.75) is 90.7 Å². The molecule has 0 aromatic carbocycles. The van der Waals surface area contributed by atoms with E-state index in [1.165, 1.54) is 44.9 Å². The van der Waals surface area contributed by atoms with Gasteiger partial charge in [0, 0.05) is 32.6 Å². The van der Waals surface area contributed by atoms with Gasteiger partial charge >= 0.3 is 5.97 Å². The van der Waals surface area contributed by atoms with Gasteiger partial charge < -0.3 is 10.1 Å². The minimum absolute atomic E-state index is 0.0252. The molecule has 0 saturated carbocycles. The lowest BCUT2D eigenvalue weighted by molar-refractivity contribution is -0.161. The SMILES string of the molecule is CCCCCCCCCCCC(=O)OC1CNCCN1CCC. The Labute approximate surface area is 143 Å². The second-order valence-corrected chi connectivity index (χ2v) is 6.76. The molecule has 1 saturated heterocycles. The summed E-state index contributed by atoms with van der Waals surface area (Å²) in [5.74, 6) is -0.0252. The molecule has 136 valence electrons. The fourth-order valence-corrected chi connectivity index (χ4v) is 3.17. The van der Waals surface area contributed by atoms with Crippen LogP contribution in [0.1, 0.15) is 84.5 Å². The van der Waals surface area contributed by atoms with E-state index in [4.69, 9.17) is 4.74 Å². The van der Waals surface area contributed by atoms with E-state index in [-0.39, 0.29) is 12.2 Å². The number of rotatable bonds is 13. The number of nitrogens with zero attached hydrogens (tertiary/aromatic N) is 1. The van der Waals surface area contributed by atoms with Crippen LogP contribution in [0.15, 0.2) is 0 Å². The first kappa shape index (κ1) is 20.4. The van der Waals surface area contributed by atoms with E-state index in [2.05, 4.69) is 24.1 Å². The van der Waals surface area contributed by atoms with Crippen molar-refractivity contribution in [3.8, 4) is 0 Å². The van der Waals surface area contributed by atoms with Crippen molar-refractivity contribution in [2.24, 2.45) is 0 Å². The Bertz CT molecular complexity index is 295. The van der Waals surface area contributed by atoms with Gasteiger partial charge in [-0.1, -0.05) is 65.2 Å². The summed E-state index contributed by atoms with van der Waals surface area (Å²) < 4.78 is 5.65. The zero-order valence-corrected chi connectivity index (χ0v) is 15.4. The molecule has 1 atom stereocenters. The number of nitrogens with one attached hydrogen (secondary N) is 1. The maximum absolute atomic E-state index is 12.0. The van der Waals surface area contributed by atoms with Crippen molar-refractivity contribution in [1.29, 1.82) is 0 Å². The molecule has 1 rings (SSSR count). The van der Waals surface area contributed by atoms with Crippen molar-refractivity contribution < 1.29 is 9.53 Å². The zero-order chi connectivity index (χ0) is 16.8. The Morgan fingerprint density at radius 2 is 1.65 bits per heavy atom. The molecule has 4 heteroatoms. The number of piperazine rings is 1. The third-order valence-electron chi connectivity index (χ3n) is 4.56. The molecular weight excluding hydrogens is 288 g/mol. The van der Waals surface area contributed by atoms with Crippen molar-refractivity contribution >= 4 is 5.97 Å². The smallest absolute Gasteiger partial charge is 0.307 e. The molecule has 1 aliphatic rings. The van der Waals surface area contributed by atoms with Gasteiger partial charge in [-0.05, 0) is 12.8 Å². The van der Waals surface area contributed by atoms with Crippen LogP contribution in [-0.2, 0) is 9.53 Å². The Morgan fingerprint density at radius 1 is 1.00 bits per heavy atom. The zero-order valence-electron chi connectivity index (χ0n) is 15.4. The largest absolute Gasteiger partial charge is 0.445 e. The standard InChI is InChI=1S/C19H38N2O2/c1-3-5-6-7-8-9-10-11-12-13-19(22)23-18-17-20-14-16-21(18)15-4-2/h18,20H,3-17H2,1-2H3. The number of hydrogen-bond donors (Lipinski definition) is 1. The van der Waals surface area contributed by atoms with Crippen LogP contribution < -0.4 is 5.32 Å². The number of ether oxygens (including phenoxy) is 1. The number of hydrogen-bond acceptors (Lipinski definition) is 4. The molecular formula is C19H38N2O2. The highest BCUT2D eigenvalue weighted by molar-refractivity contribution is 5.69. The number of unbranched alkanes of at least 4 members (excludes halogenated alkanes) is 8. The van der Waals surface area contributed by atoms with E-state index in [0.29, 0.717) is 6.42 Å². The molecule has 0 radical (unpaired) electrons. The molecule has 1 heterocycles. The lowest BCUT2D eigenvalue weighted by atomic mass is 10.1. The van der Waals surface area contributed by atoms with Crippen molar-refractivity contribution in [2.75, 3.05) is 26.2 Å². The molecule has 0 amide bonds. The third kappa shape index (κ3) is 9.98. The summed E-state index contributed by atoms with van der Waals surface area (Å²) in [4.78, 5) is 14.3. The summed E-state index contributed by atoms with van der Waals surface area (Å²) in [7, 11) is 0. The second-order valence-electron chi connectivity index (χ2n) is 6.76. The van der Waals surface area contributed by atoms with Crippen molar-refractivity contribution in [3.63, 3.8) is 0 Å². The lowest BCUT2D eigenvalue weighted by Gasteiger charge is -2.35. The predicted octanol–water partition coefficient (Wildman–Crippen LogP) is 4.09. The lowest BCUT2D eigenvalue weighted by Crippen LogP contribution is -2.53. The summed E-state index contributed by atoms with van der Waals surface area (Å²) in [6.45, 7) is 8.17. The molecule has 0 spiro atoms. The molecule has 23 heavy (non-hydrogen) atoms. The number of carbonyl (C=O) groups is 1. The van der Waals surface area contributed by atoms with E-state index in [9.17, 15) is 4.79 Å². The molecule has 1 unspecified atom stereocenters. The van der Waals surface area contributed by atoms with E-state index in [1.54, 1.807) is 0 Å². The first-order chi connectivity index (χ1) is 11.3. The van der Waals surface area contributed by atoms with E-state index in [0.717, 1.165) is 45.4 Å². The Balaban J connectivity index is 2.01.